The van der Waals surface area contributed by atoms with Crippen LogP contribution in [0, 0.1) is 6.92 Å². The molecule has 4 nitrogen and oxygen atoms in total. The summed E-state index contributed by atoms with van der Waals surface area (Å²) in [6.45, 7) is 4.97. The molecule has 0 saturated heterocycles. The summed E-state index contributed by atoms with van der Waals surface area (Å²) in [6, 6.07) is 3.87. The Morgan fingerprint density at radius 2 is 2.15 bits per heavy atom. The molecular weight excluding hydrogens is 318 g/mol. The van der Waals surface area contributed by atoms with E-state index in [0.29, 0.717) is 11.7 Å². The molecule has 1 saturated carbocycles. The second kappa shape index (κ2) is 5.56. The molecule has 0 aromatic carbocycles. The van der Waals surface area contributed by atoms with Crippen LogP contribution in [-0.4, -0.2) is 16.5 Å². The van der Waals surface area contributed by atoms with Crippen LogP contribution in [0.3, 0.4) is 0 Å². The van der Waals surface area contributed by atoms with Crippen LogP contribution in [0.2, 0.25) is 0 Å². The Balaban J connectivity index is 2.03. The maximum atomic E-state index is 5.66. The van der Waals surface area contributed by atoms with Gasteiger partial charge in [-0.05, 0) is 54.2 Å². The molecule has 2 aromatic rings. The minimum atomic E-state index is 0.560. The number of aryl methyl sites for hydroxylation is 1. The normalized spacial score (nSPS) is 14.6. The first-order chi connectivity index (χ1) is 9.69. The number of halogens is 1. The lowest BCUT2D eigenvalue weighted by Crippen LogP contribution is -2.07. The third-order valence-corrected chi connectivity index (χ3v) is 4.13. The third-order valence-electron chi connectivity index (χ3n) is 3.34. The van der Waals surface area contributed by atoms with E-state index >= 15 is 0 Å². The van der Waals surface area contributed by atoms with Gasteiger partial charge in [-0.1, -0.05) is 6.92 Å². The summed E-state index contributed by atoms with van der Waals surface area (Å²) in [5.41, 5.74) is 1.10. The molecule has 2 aromatic heterocycles. The molecule has 3 rings (SSSR count). The molecule has 0 radical (unpaired) electrons. The number of nitrogens with zero attached hydrogens (tertiary/aromatic N) is 2. The fourth-order valence-corrected chi connectivity index (χ4v) is 2.76. The molecule has 1 N–H and O–H groups in total. The standard InChI is InChI=1S/C15H18BrN3O/c1-3-8-17-15-12(16)13(10-5-6-10)18-14(19-15)11-7-4-9(2)20-11/h4,7,10H,3,5-6,8H2,1-2H3,(H,17,18,19). The van der Waals surface area contributed by atoms with E-state index in [1.165, 1.54) is 12.8 Å². The van der Waals surface area contributed by atoms with Gasteiger partial charge in [0.05, 0.1) is 10.2 Å². The fraction of sp³-hybridized carbons (Fsp3) is 0.467. The van der Waals surface area contributed by atoms with Crippen molar-refractivity contribution in [3.63, 3.8) is 0 Å². The Morgan fingerprint density at radius 3 is 2.75 bits per heavy atom. The summed E-state index contributed by atoms with van der Waals surface area (Å²) in [7, 11) is 0. The van der Waals surface area contributed by atoms with Crippen LogP contribution in [0.5, 0.6) is 0 Å². The number of nitrogens with one attached hydrogen (secondary N) is 1. The van der Waals surface area contributed by atoms with Gasteiger partial charge in [0.15, 0.2) is 11.6 Å². The van der Waals surface area contributed by atoms with Gasteiger partial charge >= 0.3 is 0 Å². The molecule has 5 heteroatoms. The highest BCUT2D eigenvalue weighted by atomic mass is 79.9. The second-order valence-electron chi connectivity index (χ2n) is 5.21. The smallest absolute Gasteiger partial charge is 0.197 e. The first kappa shape index (κ1) is 13.6. The summed E-state index contributed by atoms with van der Waals surface area (Å²) in [5.74, 6) is 3.71. The van der Waals surface area contributed by atoms with Gasteiger partial charge in [0, 0.05) is 12.5 Å². The highest BCUT2D eigenvalue weighted by Crippen LogP contribution is 2.44. The highest BCUT2D eigenvalue weighted by Gasteiger charge is 2.30. The van der Waals surface area contributed by atoms with Gasteiger partial charge in [-0.3, -0.25) is 0 Å². The Kier molecular flexibility index (Phi) is 3.78. The van der Waals surface area contributed by atoms with Crippen molar-refractivity contribution in [2.24, 2.45) is 0 Å². The first-order valence-corrected chi connectivity index (χ1v) is 7.86. The van der Waals surface area contributed by atoms with E-state index in [2.05, 4.69) is 33.2 Å². The molecule has 0 amide bonds. The number of anilines is 1. The molecule has 1 fully saturated rings. The Morgan fingerprint density at radius 1 is 1.35 bits per heavy atom. The quantitative estimate of drug-likeness (QED) is 0.873. The maximum Gasteiger partial charge on any atom is 0.197 e. The number of aromatic nitrogens is 2. The van der Waals surface area contributed by atoms with Gasteiger partial charge in [-0.25, -0.2) is 9.97 Å². The van der Waals surface area contributed by atoms with E-state index in [-0.39, 0.29) is 0 Å². The molecule has 106 valence electrons. The summed E-state index contributed by atoms with van der Waals surface area (Å²) >= 11 is 3.65. The van der Waals surface area contributed by atoms with Gasteiger partial charge in [0.25, 0.3) is 0 Å². The van der Waals surface area contributed by atoms with Crippen molar-refractivity contribution in [1.82, 2.24) is 9.97 Å². The summed E-state index contributed by atoms with van der Waals surface area (Å²) in [6.07, 6.45) is 3.48. The van der Waals surface area contributed by atoms with Gasteiger partial charge in [0.1, 0.15) is 11.6 Å². The van der Waals surface area contributed by atoms with Crippen LogP contribution >= 0.6 is 15.9 Å². The van der Waals surface area contributed by atoms with E-state index in [4.69, 9.17) is 9.40 Å². The van der Waals surface area contributed by atoms with Crippen molar-refractivity contribution < 1.29 is 4.42 Å². The minimum Gasteiger partial charge on any atom is -0.458 e. The monoisotopic (exact) mass is 335 g/mol. The molecule has 0 aliphatic heterocycles. The predicted molar refractivity (Wildman–Crippen MR) is 82.9 cm³/mol. The Labute approximate surface area is 127 Å². The second-order valence-corrected chi connectivity index (χ2v) is 6.00. The van der Waals surface area contributed by atoms with Crippen molar-refractivity contribution in [1.29, 1.82) is 0 Å². The Bertz CT molecular complexity index is 620. The summed E-state index contributed by atoms with van der Waals surface area (Å²) in [4.78, 5) is 9.30. The Hall–Kier alpha value is -1.36. The van der Waals surface area contributed by atoms with Crippen molar-refractivity contribution in [3.8, 4) is 11.6 Å². The molecule has 20 heavy (non-hydrogen) atoms. The molecule has 0 atom stereocenters. The molecule has 0 unspecified atom stereocenters. The topological polar surface area (TPSA) is 51.0 Å². The largest absolute Gasteiger partial charge is 0.458 e. The van der Waals surface area contributed by atoms with Crippen LogP contribution in [-0.2, 0) is 0 Å². The van der Waals surface area contributed by atoms with Gasteiger partial charge in [-0.2, -0.15) is 0 Å². The van der Waals surface area contributed by atoms with Crippen molar-refractivity contribution in [3.05, 3.63) is 28.1 Å². The van der Waals surface area contributed by atoms with Gasteiger partial charge in [0.2, 0.25) is 0 Å². The summed E-state index contributed by atoms with van der Waals surface area (Å²) in [5, 5.41) is 3.36. The zero-order chi connectivity index (χ0) is 14.1. The van der Waals surface area contributed by atoms with E-state index in [0.717, 1.165) is 40.5 Å². The molecular formula is C15H18BrN3O. The lowest BCUT2D eigenvalue weighted by Gasteiger charge is -2.11. The van der Waals surface area contributed by atoms with Crippen LogP contribution < -0.4 is 5.32 Å². The highest BCUT2D eigenvalue weighted by molar-refractivity contribution is 9.10. The zero-order valence-electron chi connectivity index (χ0n) is 11.7. The van der Waals surface area contributed by atoms with Crippen LogP contribution in [0.1, 0.15) is 43.6 Å². The number of rotatable bonds is 5. The van der Waals surface area contributed by atoms with Crippen LogP contribution in [0.4, 0.5) is 5.82 Å². The molecule has 1 aliphatic carbocycles. The number of hydrogen-bond acceptors (Lipinski definition) is 4. The molecule has 1 aliphatic rings. The van der Waals surface area contributed by atoms with E-state index < -0.39 is 0 Å². The lowest BCUT2D eigenvalue weighted by atomic mass is 10.2. The fourth-order valence-electron chi connectivity index (χ4n) is 2.12. The van der Waals surface area contributed by atoms with Crippen molar-refractivity contribution >= 4 is 21.7 Å². The number of furan rings is 1. The van der Waals surface area contributed by atoms with Crippen LogP contribution in [0.15, 0.2) is 21.0 Å². The van der Waals surface area contributed by atoms with Gasteiger partial charge in [-0.15, -0.1) is 0 Å². The minimum absolute atomic E-state index is 0.560. The third kappa shape index (κ3) is 2.73. The molecule has 2 heterocycles. The van der Waals surface area contributed by atoms with Crippen molar-refractivity contribution in [2.75, 3.05) is 11.9 Å². The predicted octanol–water partition coefficient (Wildman–Crippen LogP) is 4.51. The van der Waals surface area contributed by atoms with E-state index in [1.54, 1.807) is 0 Å². The summed E-state index contributed by atoms with van der Waals surface area (Å²) < 4.78 is 6.66. The average molecular weight is 336 g/mol. The average Bonchev–Trinajstić information content (AvgIpc) is 3.19. The maximum absolute atomic E-state index is 5.66. The lowest BCUT2D eigenvalue weighted by molar-refractivity contribution is 0.543. The van der Waals surface area contributed by atoms with Crippen LogP contribution in [0.25, 0.3) is 11.6 Å². The van der Waals surface area contributed by atoms with Crippen molar-refractivity contribution in [2.45, 2.75) is 39.0 Å². The van der Waals surface area contributed by atoms with E-state index in [1.807, 2.05) is 19.1 Å². The van der Waals surface area contributed by atoms with E-state index in [9.17, 15) is 0 Å². The first-order valence-electron chi connectivity index (χ1n) is 7.07. The molecule has 0 spiro atoms. The molecule has 0 bridgehead atoms. The van der Waals surface area contributed by atoms with Gasteiger partial charge < -0.3 is 9.73 Å². The number of hydrogen-bond donors (Lipinski definition) is 1. The SMILES string of the molecule is CCCNc1nc(-c2ccc(C)o2)nc(C2CC2)c1Br. The zero-order valence-corrected chi connectivity index (χ0v) is 13.3.